The summed E-state index contributed by atoms with van der Waals surface area (Å²) in [6, 6.07) is 0. The molecular weight excluding hydrogens is 191 g/mol. The zero-order valence-electron chi connectivity index (χ0n) is 5.53. The van der Waals surface area contributed by atoms with Crippen LogP contribution in [0.25, 0.3) is 0 Å². The number of hydrogen-bond donors (Lipinski definition) is 1. The molecular formula is C5H10Cl2N2S. The van der Waals surface area contributed by atoms with Crippen LogP contribution in [-0.4, -0.2) is 12.0 Å². The van der Waals surface area contributed by atoms with Crippen molar-refractivity contribution in [3.63, 3.8) is 0 Å². The first-order chi connectivity index (χ1) is 3.93. The molecule has 0 unspecified atom stereocenters. The van der Waals surface area contributed by atoms with E-state index in [1.54, 1.807) is 11.3 Å². The molecule has 2 nitrogen and oxygen atoms in total. The highest BCUT2D eigenvalue weighted by Gasteiger charge is 1.87. The van der Waals surface area contributed by atoms with E-state index >= 15 is 0 Å². The highest BCUT2D eigenvalue weighted by atomic mass is 35.5. The van der Waals surface area contributed by atoms with Crippen molar-refractivity contribution >= 4 is 36.2 Å². The van der Waals surface area contributed by atoms with Gasteiger partial charge in [0, 0.05) is 11.9 Å². The highest BCUT2D eigenvalue weighted by molar-refractivity contribution is 7.07. The van der Waals surface area contributed by atoms with Gasteiger partial charge in [0.1, 0.15) is 0 Å². The third-order valence-electron chi connectivity index (χ3n) is 0.841. The predicted octanol–water partition coefficient (Wildman–Crippen LogP) is 1.71. The average Bonchev–Trinajstić information content (AvgIpc) is 2.19. The first kappa shape index (κ1) is 12.8. The van der Waals surface area contributed by atoms with Crippen LogP contribution in [0.1, 0.15) is 5.69 Å². The fraction of sp³-hybridized carbons (Fsp3) is 0.400. The van der Waals surface area contributed by atoms with E-state index in [1.807, 2.05) is 17.9 Å². The second kappa shape index (κ2) is 7.28. The van der Waals surface area contributed by atoms with Crippen LogP contribution in [0.4, 0.5) is 0 Å². The van der Waals surface area contributed by atoms with E-state index < -0.39 is 0 Å². The Kier molecular flexibility index (Phi) is 9.33. The number of aromatic nitrogens is 1. The summed E-state index contributed by atoms with van der Waals surface area (Å²) in [5.41, 5.74) is 2.96. The van der Waals surface area contributed by atoms with Crippen molar-refractivity contribution in [2.45, 2.75) is 6.54 Å². The summed E-state index contributed by atoms with van der Waals surface area (Å²) in [5.74, 6) is 0. The molecule has 0 spiro atoms. The second-order valence-corrected chi connectivity index (χ2v) is 2.23. The Hall–Kier alpha value is 0.170. The SMILES string of the molecule is CNCc1cscn1.Cl.Cl. The lowest BCUT2D eigenvalue weighted by Crippen LogP contribution is -2.04. The Morgan fingerprint density at radius 1 is 1.60 bits per heavy atom. The third kappa shape index (κ3) is 4.06. The van der Waals surface area contributed by atoms with Gasteiger partial charge < -0.3 is 5.32 Å². The lowest BCUT2D eigenvalue weighted by Gasteiger charge is -1.88. The molecule has 0 bridgehead atoms. The molecule has 0 radical (unpaired) electrons. The van der Waals surface area contributed by atoms with Crippen LogP contribution < -0.4 is 5.32 Å². The van der Waals surface area contributed by atoms with Crippen molar-refractivity contribution in [2.24, 2.45) is 0 Å². The van der Waals surface area contributed by atoms with Crippen LogP contribution in [0.15, 0.2) is 10.9 Å². The van der Waals surface area contributed by atoms with Crippen molar-refractivity contribution in [3.8, 4) is 0 Å². The van der Waals surface area contributed by atoms with Gasteiger partial charge in [-0.25, -0.2) is 4.98 Å². The molecule has 0 saturated carbocycles. The Balaban J connectivity index is 0. The van der Waals surface area contributed by atoms with Gasteiger partial charge >= 0.3 is 0 Å². The molecule has 0 aliphatic carbocycles. The molecule has 1 aromatic rings. The molecule has 0 aliphatic rings. The molecule has 0 fully saturated rings. The largest absolute Gasteiger partial charge is 0.314 e. The van der Waals surface area contributed by atoms with E-state index in [0.717, 1.165) is 12.2 Å². The minimum Gasteiger partial charge on any atom is -0.314 e. The molecule has 0 aliphatic heterocycles. The van der Waals surface area contributed by atoms with Gasteiger partial charge in [0.05, 0.1) is 11.2 Å². The normalized spacial score (nSPS) is 7.70. The first-order valence-corrected chi connectivity index (χ1v) is 3.39. The molecule has 5 heteroatoms. The van der Waals surface area contributed by atoms with Gasteiger partial charge in [-0.2, -0.15) is 0 Å². The van der Waals surface area contributed by atoms with Gasteiger partial charge in [0.15, 0.2) is 0 Å². The van der Waals surface area contributed by atoms with Crippen molar-refractivity contribution in [1.29, 1.82) is 0 Å². The minimum atomic E-state index is 0. The molecule has 60 valence electrons. The van der Waals surface area contributed by atoms with Gasteiger partial charge in [-0.3, -0.25) is 0 Å². The van der Waals surface area contributed by atoms with Crippen LogP contribution in [-0.2, 0) is 6.54 Å². The zero-order chi connectivity index (χ0) is 5.82. The first-order valence-electron chi connectivity index (χ1n) is 2.45. The molecule has 0 saturated heterocycles. The number of thiazole rings is 1. The molecule has 1 heterocycles. The predicted molar refractivity (Wildman–Crippen MR) is 49.4 cm³/mol. The fourth-order valence-corrected chi connectivity index (χ4v) is 1.06. The average molecular weight is 201 g/mol. The molecule has 0 amide bonds. The molecule has 1 rings (SSSR count). The number of nitrogens with zero attached hydrogens (tertiary/aromatic N) is 1. The van der Waals surface area contributed by atoms with Gasteiger partial charge in [-0.05, 0) is 7.05 Å². The molecule has 0 aromatic carbocycles. The van der Waals surface area contributed by atoms with E-state index in [1.165, 1.54) is 0 Å². The van der Waals surface area contributed by atoms with Gasteiger partial charge in [0.25, 0.3) is 0 Å². The number of nitrogens with one attached hydrogen (secondary N) is 1. The van der Waals surface area contributed by atoms with E-state index in [2.05, 4.69) is 10.3 Å². The summed E-state index contributed by atoms with van der Waals surface area (Å²) >= 11 is 1.63. The van der Waals surface area contributed by atoms with Gasteiger partial charge in [0.2, 0.25) is 0 Å². The maximum atomic E-state index is 4.06. The van der Waals surface area contributed by atoms with Crippen molar-refractivity contribution in [2.75, 3.05) is 7.05 Å². The van der Waals surface area contributed by atoms with E-state index in [4.69, 9.17) is 0 Å². The monoisotopic (exact) mass is 200 g/mol. The second-order valence-electron chi connectivity index (χ2n) is 1.51. The summed E-state index contributed by atoms with van der Waals surface area (Å²) in [4.78, 5) is 4.06. The topological polar surface area (TPSA) is 24.9 Å². The van der Waals surface area contributed by atoms with E-state index in [-0.39, 0.29) is 24.8 Å². The maximum absolute atomic E-state index is 4.06. The maximum Gasteiger partial charge on any atom is 0.0795 e. The lowest BCUT2D eigenvalue weighted by molar-refractivity contribution is 0.797. The van der Waals surface area contributed by atoms with E-state index in [0.29, 0.717) is 0 Å². The summed E-state index contributed by atoms with van der Waals surface area (Å²) in [6.45, 7) is 0.878. The summed E-state index contributed by atoms with van der Waals surface area (Å²) in [5, 5.41) is 5.05. The summed E-state index contributed by atoms with van der Waals surface area (Å²) in [7, 11) is 1.92. The Bertz CT molecular complexity index is 143. The molecule has 0 atom stereocenters. The minimum absolute atomic E-state index is 0. The van der Waals surface area contributed by atoms with Gasteiger partial charge in [-0.15, -0.1) is 36.2 Å². The Labute approximate surface area is 76.9 Å². The van der Waals surface area contributed by atoms with Crippen molar-refractivity contribution in [1.82, 2.24) is 10.3 Å². The zero-order valence-corrected chi connectivity index (χ0v) is 7.98. The van der Waals surface area contributed by atoms with Crippen LogP contribution >= 0.6 is 36.2 Å². The van der Waals surface area contributed by atoms with Crippen LogP contribution in [0.2, 0.25) is 0 Å². The number of halogens is 2. The number of hydrogen-bond acceptors (Lipinski definition) is 3. The fourth-order valence-electron chi connectivity index (χ4n) is 0.506. The molecule has 10 heavy (non-hydrogen) atoms. The Morgan fingerprint density at radius 3 is 2.70 bits per heavy atom. The quantitative estimate of drug-likeness (QED) is 0.787. The number of rotatable bonds is 2. The smallest absolute Gasteiger partial charge is 0.0795 e. The van der Waals surface area contributed by atoms with Crippen molar-refractivity contribution < 1.29 is 0 Å². The standard InChI is InChI=1S/C5H8N2S.2ClH/c1-6-2-5-3-8-4-7-5;;/h3-4,6H,2H2,1H3;2*1H. The molecule has 1 N–H and O–H groups in total. The summed E-state index contributed by atoms with van der Waals surface area (Å²) < 4.78 is 0. The third-order valence-corrected chi connectivity index (χ3v) is 1.48. The highest BCUT2D eigenvalue weighted by Crippen LogP contribution is 1.98. The van der Waals surface area contributed by atoms with Crippen LogP contribution in [0, 0.1) is 0 Å². The van der Waals surface area contributed by atoms with Gasteiger partial charge in [-0.1, -0.05) is 0 Å². The van der Waals surface area contributed by atoms with Crippen molar-refractivity contribution in [3.05, 3.63) is 16.6 Å². The lowest BCUT2D eigenvalue weighted by atomic mass is 10.5. The Morgan fingerprint density at radius 2 is 2.30 bits per heavy atom. The molecule has 1 aromatic heterocycles. The van der Waals surface area contributed by atoms with Crippen LogP contribution in [0.3, 0.4) is 0 Å². The van der Waals surface area contributed by atoms with Crippen LogP contribution in [0.5, 0.6) is 0 Å². The summed E-state index contributed by atoms with van der Waals surface area (Å²) in [6.07, 6.45) is 0. The van der Waals surface area contributed by atoms with E-state index in [9.17, 15) is 0 Å².